The Morgan fingerprint density at radius 3 is 2.06 bits per heavy atom. The van der Waals surface area contributed by atoms with Gasteiger partial charge in [0.15, 0.2) is 5.78 Å². The van der Waals surface area contributed by atoms with Gasteiger partial charge in [0.1, 0.15) is 17.4 Å². The number of nitrogens with zero attached hydrogens (tertiary/aromatic N) is 1. The Bertz CT molecular complexity index is 1320. The predicted molar refractivity (Wildman–Crippen MR) is 128 cm³/mol. The average Bonchev–Trinajstić information content (AvgIpc) is 3.22. The lowest BCUT2D eigenvalue weighted by Gasteiger charge is -2.04. The highest BCUT2D eigenvalue weighted by atomic mass is 16.4. The largest absolute Gasteiger partial charge is 0.438 e. The molecule has 162 valence electrons. The van der Waals surface area contributed by atoms with Crippen molar-refractivity contribution in [1.82, 2.24) is 0 Å². The number of aryl methyl sites for hydroxylation is 1. The molecule has 0 bridgehead atoms. The van der Waals surface area contributed by atoms with Crippen molar-refractivity contribution in [2.75, 3.05) is 5.32 Å². The van der Waals surface area contributed by atoms with Gasteiger partial charge < -0.3 is 4.42 Å². The SMILES string of the molecule is Cc1ccc(C(=O)CCC(=O)Nc2oc(-c3ccccc3)c(-c3ccccc3)c2C#N)cc1. The maximum atomic E-state index is 12.6. The molecule has 0 unspecified atom stereocenters. The van der Waals surface area contributed by atoms with Crippen LogP contribution in [-0.2, 0) is 4.79 Å². The number of hydrogen-bond donors (Lipinski definition) is 1. The van der Waals surface area contributed by atoms with Gasteiger partial charge in [0.05, 0.1) is 0 Å². The highest BCUT2D eigenvalue weighted by molar-refractivity contribution is 6.01. The van der Waals surface area contributed by atoms with E-state index < -0.39 is 0 Å². The highest BCUT2D eigenvalue weighted by Gasteiger charge is 2.24. The second-order valence-corrected chi connectivity index (χ2v) is 7.69. The van der Waals surface area contributed by atoms with Gasteiger partial charge in [0, 0.05) is 29.5 Å². The van der Waals surface area contributed by atoms with E-state index >= 15 is 0 Å². The summed E-state index contributed by atoms with van der Waals surface area (Å²) in [5.41, 5.74) is 4.11. The Morgan fingerprint density at radius 1 is 0.848 bits per heavy atom. The number of ketones is 1. The second kappa shape index (κ2) is 9.80. The molecule has 0 radical (unpaired) electrons. The van der Waals surface area contributed by atoms with Crippen LogP contribution in [0.15, 0.2) is 89.3 Å². The lowest BCUT2D eigenvalue weighted by molar-refractivity contribution is -0.116. The van der Waals surface area contributed by atoms with Crippen LogP contribution in [-0.4, -0.2) is 11.7 Å². The maximum absolute atomic E-state index is 12.6. The number of nitriles is 1. The van der Waals surface area contributed by atoms with Crippen LogP contribution in [0, 0.1) is 18.3 Å². The molecule has 1 N–H and O–H groups in total. The topological polar surface area (TPSA) is 83.1 Å². The molecule has 0 aliphatic rings. The number of anilines is 1. The zero-order valence-electron chi connectivity index (χ0n) is 18.2. The van der Waals surface area contributed by atoms with E-state index in [4.69, 9.17) is 4.42 Å². The molecule has 1 amide bonds. The molecular formula is C28H22N2O3. The fraction of sp³-hybridized carbons (Fsp3) is 0.107. The third-order valence-electron chi connectivity index (χ3n) is 5.32. The lowest BCUT2D eigenvalue weighted by Crippen LogP contribution is -2.13. The molecule has 1 aromatic heterocycles. The van der Waals surface area contributed by atoms with Crippen molar-refractivity contribution in [1.29, 1.82) is 5.26 Å². The minimum absolute atomic E-state index is 0.0143. The van der Waals surface area contributed by atoms with E-state index in [2.05, 4.69) is 11.4 Å². The normalized spacial score (nSPS) is 10.4. The van der Waals surface area contributed by atoms with E-state index in [1.807, 2.05) is 79.7 Å². The Hall–Kier alpha value is -4.43. The first-order valence-corrected chi connectivity index (χ1v) is 10.6. The molecule has 0 aliphatic carbocycles. The molecule has 33 heavy (non-hydrogen) atoms. The van der Waals surface area contributed by atoms with Crippen molar-refractivity contribution in [3.63, 3.8) is 0 Å². The summed E-state index contributed by atoms with van der Waals surface area (Å²) in [6.45, 7) is 1.95. The minimum atomic E-state index is -0.389. The third kappa shape index (κ3) is 4.91. The van der Waals surface area contributed by atoms with Crippen LogP contribution in [0.2, 0.25) is 0 Å². The first kappa shape index (κ1) is 21.8. The first-order chi connectivity index (χ1) is 16.1. The molecule has 1 heterocycles. The number of amides is 1. The average molecular weight is 434 g/mol. The van der Waals surface area contributed by atoms with Crippen LogP contribution >= 0.6 is 0 Å². The van der Waals surface area contributed by atoms with Gasteiger partial charge in [-0.25, -0.2) is 0 Å². The lowest BCUT2D eigenvalue weighted by atomic mass is 9.98. The van der Waals surface area contributed by atoms with E-state index in [1.54, 1.807) is 12.1 Å². The van der Waals surface area contributed by atoms with Crippen molar-refractivity contribution in [2.45, 2.75) is 19.8 Å². The van der Waals surface area contributed by atoms with Gasteiger partial charge in [-0.3, -0.25) is 14.9 Å². The Kier molecular flexibility index (Phi) is 6.47. The molecule has 0 aliphatic heterocycles. The van der Waals surface area contributed by atoms with E-state index in [9.17, 15) is 14.9 Å². The Labute approximate surface area is 192 Å². The van der Waals surface area contributed by atoms with Crippen molar-refractivity contribution in [3.8, 4) is 28.5 Å². The zero-order chi connectivity index (χ0) is 23.2. The van der Waals surface area contributed by atoms with Gasteiger partial charge in [-0.2, -0.15) is 5.26 Å². The summed E-state index contributed by atoms with van der Waals surface area (Å²) in [6, 6.07) is 28.3. The highest BCUT2D eigenvalue weighted by Crippen LogP contribution is 2.41. The second-order valence-electron chi connectivity index (χ2n) is 7.69. The fourth-order valence-corrected chi connectivity index (χ4v) is 3.60. The molecule has 0 atom stereocenters. The summed E-state index contributed by atoms with van der Waals surface area (Å²) in [5.74, 6) is 0.0901. The number of carbonyl (C=O) groups excluding carboxylic acids is 2. The molecular weight excluding hydrogens is 412 g/mol. The van der Waals surface area contributed by atoms with Crippen molar-refractivity contribution in [2.24, 2.45) is 0 Å². The summed E-state index contributed by atoms with van der Waals surface area (Å²) in [5, 5.41) is 12.6. The molecule has 4 rings (SSSR count). The van der Waals surface area contributed by atoms with Gasteiger partial charge in [-0.05, 0) is 12.5 Å². The third-order valence-corrected chi connectivity index (χ3v) is 5.32. The molecule has 0 fully saturated rings. The quantitative estimate of drug-likeness (QED) is 0.341. The summed E-state index contributed by atoms with van der Waals surface area (Å²) in [4.78, 5) is 25.0. The number of hydrogen-bond acceptors (Lipinski definition) is 4. The molecule has 5 heteroatoms. The van der Waals surface area contributed by atoms with E-state index in [0.29, 0.717) is 16.9 Å². The summed E-state index contributed by atoms with van der Waals surface area (Å²) >= 11 is 0. The summed E-state index contributed by atoms with van der Waals surface area (Å²) in [7, 11) is 0. The number of benzene rings is 3. The van der Waals surface area contributed by atoms with E-state index in [0.717, 1.165) is 16.7 Å². The van der Waals surface area contributed by atoms with Gasteiger partial charge in [0.2, 0.25) is 11.8 Å². The number of rotatable bonds is 7. The summed E-state index contributed by atoms with van der Waals surface area (Å²) in [6.07, 6.45) is 0.0498. The van der Waals surface area contributed by atoms with Gasteiger partial charge in [0.25, 0.3) is 0 Å². The summed E-state index contributed by atoms with van der Waals surface area (Å²) < 4.78 is 6.01. The Balaban J connectivity index is 1.59. The van der Waals surface area contributed by atoms with Crippen molar-refractivity contribution >= 4 is 17.6 Å². The smallest absolute Gasteiger partial charge is 0.227 e. The van der Waals surface area contributed by atoms with E-state index in [-0.39, 0.29) is 36.0 Å². The van der Waals surface area contributed by atoms with Crippen LogP contribution in [0.5, 0.6) is 0 Å². The number of furan rings is 1. The van der Waals surface area contributed by atoms with Gasteiger partial charge >= 0.3 is 0 Å². The number of Topliss-reactive ketones (excluding diaryl/α,β-unsaturated/α-hetero) is 1. The van der Waals surface area contributed by atoms with Crippen molar-refractivity contribution in [3.05, 3.63) is 102 Å². The van der Waals surface area contributed by atoms with Crippen LogP contribution < -0.4 is 5.32 Å². The fourth-order valence-electron chi connectivity index (χ4n) is 3.60. The molecule has 0 saturated carbocycles. The molecule has 3 aromatic carbocycles. The van der Waals surface area contributed by atoms with Crippen LogP contribution in [0.3, 0.4) is 0 Å². The zero-order valence-corrected chi connectivity index (χ0v) is 18.2. The predicted octanol–water partition coefficient (Wildman–Crippen LogP) is 6.40. The molecule has 4 aromatic rings. The van der Waals surface area contributed by atoms with Crippen molar-refractivity contribution < 1.29 is 14.0 Å². The van der Waals surface area contributed by atoms with Gasteiger partial charge in [-0.1, -0.05) is 90.5 Å². The first-order valence-electron chi connectivity index (χ1n) is 10.6. The van der Waals surface area contributed by atoms with Crippen LogP contribution in [0.25, 0.3) is 22.5 Å². The molecule has 0 spiro atoms. The molecule has 5 nitrogen and oxygen atoms in total. The standard InChI is InChI=1S/C28H22N2O3/c1-19-12-14-20(15-13-19)24(31)16-17-25(32)30-28-23(18-29)26(21-8-4-2-5-9-21)27(33-28)22-10-6-3-7-11-22/h2-15H,16-17H2,1H3,(H,30,32). The van der Waals surface area contributed by atoms with E-state index in [1.165, 1.54) is 0 Å². The van der Waals surface area contributed by atoms with Gasteiger partial charge in [-0.15, -0.1) is 0 Å². The number of nitrogens with one attached hydrogen (secondary N) is 1. The molecule has 0 saturated heterocycles. The van der Waals surface area contributed by atoms with Crippen LogP contribution in [0.1, 0.15) is 34.3 Å². The monoisotopic (exact) mass is 434 g/mol. The van der Waals surface area contributed by atoms with Crippen LogP contribution in [0.4, 0.5) is 5.88 Å². The Morgan fingerprint density at radius 2 is 1.45 bits per heavy atom. The minimum Gasteiger partial charge on any atom is -0.438 e. The number of carbonyl (C=O) groups is 2. The maximum Gasteiger partial charge on any atom is 0.227 e.